The minimum atomic E-state index is -3.70. The Hall–Kier alpha value is -1.64. The Balaban J connectivity index is 2.24. The zero-order valence-electron chi connectivity index (χ0n) is 13.2. The van der Waals surface area contributed by atoms with Gasteiger partial charge in [0.25, 0.3) is 0 Å². The van der Waals surface area contributed by atoms with Gasteiger partial charge in [0.05, 0.1) is 22.6 Å². The number of ether oxygens (including phenoxy) is 2. The van der Waals surface area contributed by atoms with Crippen molar-refractivity contribution in [3.8, 4) is 0 Å². The van der Waals surface area contributed by atoms with Crippen molar-refractivity contribution in [1.29, 1.82) is 0 Å². The number of sulfonamides is 1. The molecule has 1 heterocycles. The van der Waals surface area contributed by atoms with E-state index >= 15 is 0 Å². The molecule has 0 saturated carbocycles. The van der Waals surface area contributed by atoms with E-state index in [1.54, 1.807) is 0 Å². The molecule has 1 aliphatic heterocycles. The van der Waals surface area contributed by atoms with Gasteiger partial charge in [-0.15, -0.1) is 0 Å². The lowest BCUT2D eigenvalue weighted by molar-refractivity contribution is -0.144. The van der Waals surface area contributed by atoms with Gasteiger partial charge in [0.2, 0.25) is 10.0 Å². The van der Waals surface area contributed by atoms with Gasteiger partial charge in [-0.3, -0.25) is 0 Å². The molecule has 0 aromatic heterocycles. The molecule has 2 rings (SSSR count). The summed E-state index contributed by atoms with van der Waals surface area (Å²) in [4.78, 5) is 23.0. The van der Waals surface area contributed by atoms with Crippen LogP contribution in [0.25, 0.3) is 0 Å². The predicted molar refractivity (Wildman–Crippen MR) is 86.4 cm³/mol. The summed E-state index contributed by atoms with van der Waals surface area (Å²) in [6.07, 6.45) is 2.61. The first-order valence-corrected chi connectivity index (χ1v) is 9.21. The van der Waals surface area contributed by atoms with Crippen LogP contribution in [-0.2, 0) is 24.3 Å². The van der Waals surface area contributed by atoms with E-state index in [1.807, 2.05) is 0 Å². The highest BCUT2D eigenvalue weighted by Crippen LogP contribution is 2.25. The number of carbonyl (C=O) groups is 2. The summed E-state index contributed by atoms with van der Waals surface area (Å²) in [6, 6.07) is 3.85. The van der Waals surface area contributed by atoms with Gasteiger partial charge in [-0.1, -0.05) is 18.0 Å². The highest BCUT2D eigenvalue weighted by molar-refractivity contribution is 7.89. The van der Waals surface area contributed by atoms with Crippen molar-refractivity contribution >= 4 is 33.6 Å². The maximum Gasteiger partial charge on any atom is 0.344 e. The second-order valence-corrected chi connectivity index (χ2v) is 7.60. The van der Waals surface area contributed by atoms with E-state index in [9.17, 15) is 18.0 Å². The Labute approximate surface area is 145 Å². The van der Waals surface area contributed by atoms with Crippen LogP contribution in [0.2, 0.25) is 5.02 Å². The SMILES string of the molecule is COC(=O)COC(=O)c1cc(S(=O)(=O)N2CCCCC2)ccc1Cl. The molecule has 0 bridgehead atoms. The average Bonchev–Trinajstić information content (AvgIpc) is 2.60. The predicted octanol–water partition coefficient (Wildman–Crippen LogP) is 1.84. The Bertz CT molecular complexity index is 727. The topological polar surface area (TPSA) is 90.0 Å². The second-order valence-electron chi connectivity index (χ2n) is 5.26. The molecule has 1 fully saturated rings. The molecule has 0 N–H and O–H groups in total. The molecule has 0 aliphatic carbocycles. The molecule has 132 valence electrons. The van der Waals surface area contributed by atoms with Crippen LogP contribution in [0.4, 0.5) is 0 Å². The van der Waals surface area contributed by atoms with Crippen LogP contribution < -0.4 is 0 Å². The lowest BCUT2D eigenvalue weighted by Gasteiger charge is -2.26. The Morgan fingerprint density at radius 2 is 1.88 bits per heavy atom. The van der Waals surface area contributed by atoms with Crippen LogP contribution in [0.1, 0.15) is 29.6 Å². The molecule has 0 amide bonds. The fourth-order valence-corrected chi connectivity index (χ4v) is 4.08. The summed E-state index contributed by atoms with van der Waals surface area (Å²) in [6.45, 7) is 0.328. The van der Waals surface area contributed by atoms with Gasteiger partial charge in [0.1, 0.15) is 0 Å². The molecular weight excluding hydrogens is 358 g/mol. The second kappa shape index (κ2) is 7.96. The fourth-order valence-electron chi connectivity index (χ4n) is 2.34. The normalized spacial score (nSPS) is 15.8. The largest absolute Gasteiger partial charge is 0.466 e. The minimum absolute atomic E-state index is 0.0289. The number of nitrogens with zero attached hydrogens (tertiary/aromatic N) is 1. The third-order valence-electron chi connectivity index (χ3n) is 3.66. The van der Waals surface area contributed by atoms with E-state index in [4.69, 9.17) is 16.3 Å². The number of benzene rings is 1. The van der Waals surface area contributed by atoms with Gasteiger partial charge in [0, 0.05) is 13.1 Å². The van der Waals surface area contributed by atoms with E-state index in [0.717, 1.165) is 26.4 Å². The first-order valence-electron chi connectivity index (χ1n) is 7.40. The third kappa shape index (κ3) is 4.25. The number of piperidine rings is 1. The molecule has 7 nitrogen and oxygen atoms in total. The van der Waals surface area contributed by atoms with Crippen LogP contribution in [0.15, 0.2) is 23.1 Å². The minimum Gasteiger partial charge on any atom is -0.466 e. The monoisotopic (exact) mass is 375 g/mol. The molecule has 0 radical (unpaired) electrons. The maximum atomic E-state index is 12.6. The number of esters is 2. The lowest BCUT2D eigenvalue weighted by Crippen LogP contribution is -2.35. The quantitative estimate of drug-likeness (QED) is 0.729. The average molecular weight is 376 g/mol. The number of hydrogen-bond donors (Lipinski definition) is 0. The van der Waals surface area contributed by atoms with E-state index < -0.39 is 28.6 Å². The summed E-state index contributed by atoms with van der Waals surface area (Å²) in [7, 11) is -2.53. The van der Waals surface area contributed by atoms with Crippen molar-refractivity contribution in [3.63, 3.8) is 0 Å². The van der Waals surface area contributed by atoms with Crippen molar-refractivity contribution < 1.29 is 27.5 Å². The van der Waals surface area contributed by atoms with Crippen LogP contribution in [-0.4, -0.2) is 51.5 Å². The summed E-state index contributed by atoms with van der Waals surface area (Å²) in [5.74, 6) is -1.61. The Morgan fingerprint density at radius 1 is 1.21 bits per heavy atom. The third-order valence-corrected chi connectivity index (χ3v) is 5.88. The van der Waals surface area contributed by atoms with Crippen LogP contribution in [0, 0.1) is 0 Å². The van der Waals surface area contributed by atoms with Crippen molar-refractivity contribution in [2.24, 2.45) is 0 Å². The van der Waals surface area contributed by atoms with Gasteiger partial charge < -0.3 is 9.47 Å². The highest BCUT2D eigenvalue weighted by atomic mass is 35.5. The Kier molecular flexibility index (Phi) is 6.20. The smallest absolute Gasteiger partial charge is 0.344 e. The van der Waals surface area contributed by atoms with Gasteiger partial charge in [-0.2, -0.15) is 4.31 Å². The number of methoxy groups -OCH3 is 1. The summed E-state index contributed by atoms with van der Waals surface area (Å²) in [5.41, 5.74) is -0.112. The van der Waals surface area contributed by atoms with Crippen molar-refractivity contribution in [1.82, 2.24) is 4.31 Å². The van der Waals surface area contributed by atoms with Crippen molar-refractivity contribution in [2.75, 3.05) is 26.8 Å². The van der Waals surface area contributed by atoms with Crippen molar-refractivity contribution in [3.05, 3.63) is 28.8 Å². The molecule has 0 atom stereocenters. The number of hydrogen-bond acceptors (Lipinski definition) is 6. The summed E-state index contributed by atoms with van der Waals surface area (Å²) < 4.78 is 35.8. The summed E-state index contributed by atoms with van der Waals surface area (Å²) >= 11 is 5.95. The summed E-state index contributed by atoms with van der Waals surface area (Å²) in [5, 5.41) is 0.0439. The molecule has 1 saturated heterocycles. The standard InChI is InChI=1S/C15H18ClNO6S/c1-22-14(18)10-23-15(19)12-9-11(5-6-13(12)16)24(20,21)17-7-3-2-4-8-17/h5-6,9H,2-4,7-8,10H2,1H3. The molecule has 24 heavy (non-hydrogen) atoms. The maximum absolute atomic E-state index is 12.6. The van der Waals surface area contributed by atoms with Gasteiger partial charge in [-0.25, -0.2) is 18.0 Å². The first kappa shape index (κ1) is 18.7. The first-order chi connectivity index (χ1) is 11.4. The number of rotatable bonds is 5. The molecule has 0 unspecified atom stereocenters. The lowest BCUT2D eigenvalue weighted by atomic mass is 10.2. The molecule has 0 spiro atoms. The number of halogens is 1. The number of carbonyl (C=O) groups excluding carboxylic acids is 2. The van der Waals surface area contributed by atoms with Gasteiger partial charge >= 0.3 is 11.9 Å². The van der Waals surface area contributed by atoms with Crippen LogP contribution in [0.5, 0.6) is 0 Å². The molecule has 1 aromatic rings. The fraction of sp³-hybridized carbons (Fsp3) is 0.467. The van der Waals surface area contributed by atoms with E-state index in [1.165, 1.54) is 22.5 Å². The zero-order valence-corrected chi connectivity index (χ0v) is 14.7. The zero-order chi connectivity index (χ0) is 17.7. The van der Waals surface area contributed by atoms with E-state index in [-0.39, 0.29) is 15.5 Å². The van der Waals surface area contributed by atoms with E-state index in [0.29, 0.717) is 13.1 Å². The molecule has 1 aromatic carbocycles. The van der Waals surface area contributed by atoms with Crippen LogP contribution in [0.3, 0.4) is 0 Å². The van der Waals surface area contributed by atoms with E-state index in [2.05, 4.69) is 4.74 Å². The van der Waals surface area contributed by atoms with Gasteiger partial charge in [-0.05, 0) is 31.0 Å². The van der Waals surface area contributed by atoms with Crippen LogP contribution >= 0.6 is 11.6 Å². The molecule has 1 aliphatic rings. The van der Waals surface area contributed by atoms with Gasteiger partial charge in [0.15, 0.2) is 6.61 Å². The molecule has 9 heteroatoms. The highest BCUT2D eigenvalue weighted by Gasteiger charge is 2.27. The Morgan fingerprint density at radius 3 is 2.50 bits per heavy atom. The molecular formula is C15H18ClNO6S. The van der Waals surface area contributed by atoms with Crippen molar-refractivity contribution in [2.45, 2.75) is 24.2 Å².